The van der Waals surface area contributed by atoms with E-state index < -0.39 is 0 Å². The number of hydrogen-bond acceptors (Lipinski definition) is 3. The summed E-state index contributed by atoms with van der Waals surface area (Å²) in [5.74, 6) is 2.03. The fourth-order valence-corrected chi connectivity index (χ4v) is 3.97. The summed E-state index contributed by atoms with van der Waals surface area (Å²) in [4.78, 5) is 17.1. The second kappa shape index (κ2) is 8.42. The SMILES string of the molecule is Cc1c(Oc2ccnc3ccccc23)cccc1C(=O)NCC1CCCCC1. The van der Waals surface area contributed by atoms with Crippen molar-refractivity contribution in [2.75, 3.05) is 6.54 Å². The smallest absolute Gasteiger partial charge is 0.251 e. The molecule has 4 nitrogen and oxygen atoms in total. The molecule has 0 saturated heterocycles. The highest BCUT2D eigenvalue weighted by Gasteiger charge is 2.17. The maximum atomic E-state index is 12.7. The topological polar surface area (TPSA) is 51.2 Å². The number of amides is 1. The van der Waals surface area contributed by atoms with Crippen LogP contribution in [0.5, 0.6) is 11.5 Å². The number of fused-ring (bicyclic) bond motifs is 1. The van der Waals surface area contributed by atoms with Crippen molar-refractivity contribution in [3.8, 4) is 11.5 Å². The van der Waals surface area contributed by atoms with Gasteiger partial charge in [-0.3, -0.25) is 9.78 Å². The molecule has 1 aliphatic carbocycles. The molecule has 0 unspecified atom stereocenters. The van der Waals surface area contributed by atoms with Crippen LogP contribution in [0, 0.1) is 12.8 Å². The van der Waals surface area contributed by atoms with Crippen molar-refractivity contribution >= 4 is 16.8 Å². The van der Waals surface area contributed by atoms with Crippen molar-refractivity contribution in [1.29, 1.82) is 0 Å². The number of nitrogens with zero attached hydrogens (tertiary/aromatic N) is 1. The predicted octanol–water partition coefficient (Wildman–Crippen LogP) is 5.65. The largest absolute Gasteiger partial charge is 0.456 e. The summed E-state index contributed by atoms with van der Waals surface area (Å²) in [5, 5.41) is 4.08. The fraction of sp³-hybridized carbons (Fsp3) is 0.333. The Labute approximate surface area is 165 Å². The van der Waals surface area contributed by atoms with Gasteiger partial charge >= 0.3 is 0 Å². The Bertz CT molecular complexity index is 972. The van der Waals surface area contributed by atoms with Gasteiger partial charge in [0.2, 0.25) is 0 Å². The standard InChI is InChI=1S/C24H26N2O2/c1-17-19(24(27)26-16-18-8-3-2-4-9-18)11-7-13-22(17)28-23-14-15-25-21-12-6-5-10-20(21)23/h5-7,10-15,18H,2-4,8-9,16H2,1H3,(H,26,27). The third kappa shape index (κ3) is 4.01. The first kappa shape index (κ1) is 18.5. The molecule has 1 aliphatic rings. The summed E-state index contributed by atoms with van der Waals surface area (Å²) >= 11 is 0. The van der Waals surface area contributed by atoms with Gasteiger partial charge in [0.15, 0.2) is 0 Å². The van der Waals surface area contributed by atoms with E-state index in [4.69, 9.17) is 4.74 Å². The van der Waals surface area contributed by atoms with Crippen LogP contribution >= 0.6 is 0 Å². The molecule has 0 atom stereocenters. The maximum absolute atomic E-state index is 12.7. The van der Waals surface area contributed by atoms with Crippen molar-refractivity contribution in [2.24, 2.45) is 5.92 Å². The molecule has 144 valence electrons. The first-order valence-corrected chi connectivity index (χ1v) is 10.1. The summed E-state index contributed by atoms with van der Waals surface area (Å²) in [6.07, 6.45) is 8.07. The summed E-state index contributed by atoms with van der Waals surface area (Å²) in [5.41, 5.74) is 2.41. The highest BCUT2D eigenvalue weighted by molar-refractivity contribution is 5.96. The molecule has 1 N–H and O–H groups in total. The lowest BCUT2D eigenvalue weighted by molar-refractivity contribution is 0.0942. The van der Waals surface area contributed by atoms with Crippen LogP contribution in [-0.4, -0.2) is 17.4 Å². The third-order valence-corrected chi connectivity index (χ3v) is 5.63. The summed E-state index contributed by atoms with van der Waals surface area (Å²) in [6, 6.07) is 15.4. The molecular weight excluding hydrogens is 348 g/mol. The van der Waals surface area contributed by atoms with Gasteiger partial charge in [-0.05, 0) is 56.0 Å². The van der Waals surface area contributed by atoms with Crippen molar-refractivity contribution in [3.05, 3.63) is 65.9 Å². The van der Waals surface area contributed by atoms with Gasteiger partial charge in [-0.1, -0.05) is 37.5 Å². The van der Waals surface area contributed by atoms with E-state index in [0.717, 1.165) is 28.8 Å². The highest BCUT2D eigenvalue weighted by Crippen LogP contribution is 2.31. The van der Waals surface area contributed by atoms with E-state index in [9.17, 15) is 4.79 Å². The molecule has 28 heavy (non-hydrogen) atoms. The number of para-hydroxylation sites is 1. The lowest BCUT2D eigenvalue weighted by Gasteiger charge is -2.22. The molecule has 1 amide bonds. The molecule has 0 radical (unpaired) electrons. The quantitative estimate of drug-likeness (QED) is 0.628. The Hall–Kier alpha value is -2.88. The van der Waals surface area contributed by atoms with Crippen LogP contribution in [0.3, 0.4) is 0 Å². The van der Waals surface area contributed by atoms with E-state index in [2.05, 4.69) is 10.3 Å². The lowest BCUT2D eigenvalue weighted by Crippen LogP contribution is -2.30. The van der Waals surface area contributed by atoms with E-state index in [1.54, 1.807) is 6.20 Å². The van der Waals surface area contributed by atoms with Gasteiger partial charge in [-0.2, -0.15) is 0 Å². The average Bonchev–Trinajstić information content (AvgIpc) is 2.74. The summed E-state index contributed by atoms with van der Waals surface area (Å²) in [7, 11) is 0. The molecule has 3 aromatic rings. The number of pyridine rings is 1. The van der Waals surface area contributed by atoms with Crippen molar-refractivity contribution in [3.63, 3.8) is 0 Å². The van der Waals surface area contributed by atoms with Crippen LogP contribution in [0.4, 0.5) is 0 Å². The van der Waals surface area contributed by atoms with Crippen LogP contribution in [0.15, 0.2) is 54.7 Å². The molecule has 0 bridgehead atoms. The molecule has 1 saturated carbocycles. The molecule has 4 heteroatoms. The van der Waals surface area contributed by atoms with Gasteiger partial charge < -0.3 is 10.1 Å². The van der Waals surface area contributed by atoms with Gasteiger partial charge in [0, 0.05) is 29.3 Å². The molecule has 1 fully saturated rings. The van der Waals surface area contributed by atoms with E-state index in [1.807, 2.05) is 55.5 Å². The lowest BCUT2D eigenvalue weighted by atomic mass is 9.89. The van der Waals surface area contributed by atoms with Crippen molar-refractivity contribution < 1.29 is 9.53 Å². The van der Waals surface area contributed by atoms with Gasteiger partial charge in [0.1, 0.15) is 11.5 Å². The third-order valence-electron chi connectivity index (χ3n) is 5.63. The van der Waals surface area contributed by atoms with E-state index in [1.165, 1.54) is 32.1 Å². The van der Waals surface area contributed by atoms with Crippen LogP contribution in [-0.2, 0) is 0 Å². The zero-order valence-electron chi connectivity index (χ0n) is 16.3. The number of hydrogen-bond donors (Lipinski definition) is 1. The van der Waals surface area contributed by atoms with Gasteiger partial charge in [-0.25, -0.2) is 0 Å². The minimum Gasteiger partial charge on any atom is -0.456 e. The second-order valence-corrected chi connectivity index (χ2v) is 7.57. The van der Waals surface area contributed by atoms with E-state index in [-0.39, 0.29) is 5.91 Å². The Kier molecular flexibility index (Phi) is 5.56. The average molecular weight is 374 g/mol. The summed E-state index contributed by atoms with van der Waals surface area (Å²) < 4.78 is 6.19. The van der Waals surface area contributed by atoms with Crippen LogP contribution in [0.1, 0.15) is 48.0 Å². The predicted molar refractivity (Wildman–Crippen MR) is 112 cm³/mol. The number of rotatable bonds is 5. The number of carbonyl (C=O) groups excluding carboxylic acids is 1. The van der Waals surface area contributed by atoms with Gasteiger partial charge in [0.25, 0.3) is 5.91 Å². The zero-order valence-corrected chi connectivity index (χ0v) is 16.3. The number of ether oxygens (including phenoxy) is 1. The monoisotopic (exact) mass is 374 g/mol. The fourth-order valence-electron chi connectivity index (χ4n) is 3.97. The van der Waals surface area contributed by atoms with Crippen LogP contribution in [0.2, 0.25) is 0 Å². The zero-order chi connectivity index (χ0) is 19.3. The van der Waals surface area contributed by atoms with Crippen molar-refractivity contribution in [1.82, 2.24) is 10.3 Å². The Morgan fingerprint density at radius 1 is 1.04 bits per heavy atom. The van der Waals surface area contributed by atoms with Crippen molar-refractivity contribution in [2.45, 2.75) is 39.0 Å². The van der Waals surface area contributed by atoms with Crippen LogP contribution < -0.4 is 10.1 Å². The number of benzene rings is 2. The Balaban J connectivity index is 1.52. The molecule has 0 spiro atoms. The van der Waals surface area contributed by atoms with E-state index in [0.29, 0.717) is 17.2 Å². The minimum atomic E-state index is -0.0203. The Morgan fingerprint density at radius 3 is 2.71 bits per heavy atom. The molecule has 4 rings (SSSR count). The van der Waals surface area contributed by atoms with Gasteiger partial charge in [0.05, 0.1) is 5.52 Å². The number of nitrogens with one attached hydrogen (secondary N) is 1. The number of aromatic nitrogens is 1. The second-order valence-electron chi connectivity index (χ2n) is 7.57. The normalized spacial score (nSPS) is 14.8. The summed E-state index contributed by atoms with van der Waals surface area (Å²) in [6.45, 7) is 2.70. The molecule has 2 aromatic carbocycles. The maximum Gasteiger partial charge on any atom is 0.251 e. The first-order valence-electron chi connectivity index (χ1n) is 10.1. The van der Waals surface area contributed by atoms with Gasteiger partial charge in [-0.15, -0.1) is 0 Å². The minimum absolute atomic E-state index is 0.0203. The van der Waals surface area contributed by atoms with Crippen LogP contribution in [0.25, 0.3) is 10.9 Å². The molecular formula is C24H26N2O2. The number of carbonyl (C=O) groups is 1. The first-order chi connectivity index (χ1) is 13.7. The molecule has 1 aromatic heterocycles. The Morgan fingerprint density at radius 2 is 1.86 bits per heavy atom. The van der Waals surface area contributed by atoms with E-state index >= 15 is 0 Å². The molecule has 1 heterocycles. The highest BCUT2D eigenvalue weighted by atomic mass is 16.5. The molecule has 0 aliphatic heterocycles.